The van der Waals surface area contributed by atoms with Crippen LogP contribution < -0.4 is 5.32 Å². The Bertz CT molecular complexity index is 147. The number of hydrogen-bond donors (Lipinski definition) is 1. The van der Waals surface area contributed by atoms with E-state index in [0.717, 1.165) is 11.9 Å². The van der Waals surface area contributed by atoms with E-state index < -0.39 is 0 Å². The molecule has 0 saturated heterocycles. The third-order valence-corrected chi connectivity index (χ3v) is 3.38. The predicted molar refractivity (Wildman–Crippen MR) is 60.0 cm³/mol. The zero-order valence-corrected chi connectivity index (χ0v) is 10.2. The summed E-state index contributed by atoms with van der Waals surface area (Å²) in [6, 6.07) is 0.524. The Hall–Kier alpha value is 0.470. The minimum absolute atomic E-state index is 0.524. The Balaban J connectivity index is 3.63. The minimum atomic E-state index is 0.524. The Kier molecular flexibility index (Phi) is 7.20. The molecule has 0 aliphatic rings. The van der Waals surface area contributed by atoms with E-state index in [-0.39, 0.29) is 0 Å². The summed E-state index contributed by atoms with van der Waals surface area (Å²) >= 11 is 9.00. The van der Waals surface area contributed by atoms with Crippen LogP contribution in [0.4, 0.5) is 0 Å². The van der Waals surface area contributed by atoms with Gasteiger partial charge in [0, 0.05) is 23.5 Å². The third kappa shape index (κ3) is 5.18. The van der Waals surface area contributed by atoms with Crippen molar-refractivity contribution in [1.29, 1.82) is 0 Å². The van der Waals surface area contributed by atoms with Gasteiger partial charge >= 0.3 is 0 Å². The lowest BCUT2D eigenvalue weighted by atomic mass is 10.1. The standard InChI is InChI=1S/C9H17BrClN/c1-7(5-11)6-12-9(3)8(2)4-10/h5,8-9,12H,4,6H2,1-3H3. The molecule has 3 heteroatoms. The molecule has 1 N–H and O–H groups in total. The summed E-state index contributed by atoms with van der Waals surface area (Å²) in [6.07, 6.45) is 0. The van der Waals surface area contributed by atoms with Crippen molar-refractivity contribution in [3.63, 3.8) is 0 Å². The van der Waals surface area contributed by atoms with E-state index in [0.29, 0.717) is 12.0 Å². The van der Waals surface area contributed by atoms with Crippen LogP contribution in [0, 0.1) is 5.92 Å². The van der Waals surface area contributed by atoms with Gasteiger partial charge < -0.3 is 5.32 Å². The fourth-order valence-electron chi connectivity index (χ4n) is 0.695. The van der Waals surface area contributed by atoms with Crippen LogP contribution in [-0.4, -0.2) is 17.9 Å². The van der Waals surface area contributed by atoms with Crippen molar-refractivity contribution in [3.8, 4) is 0 Å². The minimum Gasteiger partial charge on any atom is -0.310 e. The molecule has 0 rings (SSSR count). The van der Waals surface area contributed by atoms with Crippen LogP contribution in [0.25, 0.3) is 0 Å². The van der Waals surface area contributed by atoms with Crippen LogP contribution in [0.3, 0.4) is 0 Å². The van der Waals surface area contributed by atoms with Crippen LogP contribution in [0.2, 0.25) is 0 Å². The SMILES string of the molecule is CC(=CCl)CNC(C)C(C)CBr. The third-order valence-electron chi connectivity index (χ3n) is 1.99. The summed E-state index contributed by atoms with van der Waals surface area (Å²) in [5.74, 6) is 0.646. The molecular weight excluding hydrogens is 237 g/mol. The Morgan fingerprint density at radius 2 is 2.17 bits per heavy atom. The lowest BCUT2D eigenvalue weighted by molar-refractivity contribution is 0.449. The van der Waals surface area contributed by atoms with Crippen LogP contribution in [0.1, 0.15) is 20.8 Å². The van der Waals surface area contributed by atoms with Crippen molar-refractivity contribution in [2.24, 2.45) is 5.92 Å². The summed E-state index contributed by atoms with van der Waals surface area (Å²) in [5, 5.41) is 4.43. The first-order chi connectivity index (χ1) is 5.61. The quantitative estimate of drug-likeness (QED) is 0.743. The average molecular weight is 255 g/mol. The van der Waals surface area contributed by atoms with E-state index in [1.807, 2.05) is 6.92 Å². The number of nitrogens with one attached hydrogen (secondary N) is 1. The van der Waals surface area contributed by atoms with Crippen LogP contribution in [0.5, 0.6) is 0 Å². The van der Waals surface area contributed by atoms with Gasteiger partial charge in [0.1, 0.15) is 0 Å². The van der Waals surface area contributed by atoms with Crippen molar-refractivity contribution in [3.05, 3.63) is 11.1 Å². The molecule has 0 aromatic heterocycles. The first-order valence-corrected chi connectivity index (χ1v) is 5.72. The molecule has 0 saturated carbocycles. The maximum Gasteiger partial charge on any atom is 0.0176 e. The largest absolute Gasteiger partial charge is 0.310 e. The summed E-state index contributed by atoms with van der Waals surface area (Å²) in [7, 11) is 0. The number of halogens is 2. The fourth-order valence-corrected chi connectivity index (χ4v) is 1.33. The normalized spacial score (nSPS) is 17.6. The monoisotopic (exact) mass is 253 g/mol. The highest BCUT2D eigenvalue weighted by molar-refractivity contribution is 9.09. The molecule has 0 aliphatic carbocycles. The summed E-state index contributed by atoms with van der Waals surface area (Å²) in [5.41, 5.74) is 2.80. The molecule has 0 heterocycles. The molecule has 12 heavy (non-hydrogen) atoms. The zero-order valence-electron chi connectivity index (χ0n) is 7.90. The lowest BCUT2D eigenvalue weighted by Crippen LogP contribution is -2.33. The van der Waals surface area contributed by atoms with Gasteiger partial charge in [-0.15, -0.1) is 0 Å². The molecule has 0 bridgehead atoms. The van der Waals surface area contributed by atoms with Gasteiger partial charge in [0.05, 0.1) is 0 Å². The summed E-state index contributed by atoms with van der Waals surface area (Å²) in [4.78, 5) is 0. The van der Waals surface area contributed by atoms with Gasteiger partial charge in [-0.25, -0.2) is 0 Å². The Morgan fingerprint density at radius 3 is 2.58 bits per heavy atom. The molecule has 2 unspecified atom stereocenters. The van der Waals surface area contributed by atoms with Gasteiger partial charge in [0.2, 0.25) is 0 Å². The fraction of sp³-hybridized carbons (Fsp3) is 0.778. The van der Waals surface area contributed by atoms with Gasteiger partial charge in [-0.2, -0.15) is 0 Å². The van der Waals surface area contributed by atoms with Crippen LogP contribution >= 0.6 is 27.5 Å². The molecule has 0 spiro atoms. The van der Waals surface area contributed by atoms with Crippen molar-refractivity contribution >= 4 is 27.5 Å². The second-order valence-corrected chi connectivity index (χ2v) is 4.12. The maximum absolute atomic E-state index is 5.54. The van der Waals surface area contributed by atoms with E-state index in [1.54, 1.807) is 5.54 Å². The van der Waals surface area contributed by atoms with E-state index >= 15 is 0 Å². The highest BCUT2D eigenvalue weighted by Crippen LogP contribution is 2.06. The van der Waals surface area contributed by atoms with Crippen molar-refractivity contribution in [2.75, 3.05) is 11.9 Å². The smallest absolute Gasteiger partial charge is 0.0176 e. The topological polar surface area (TPSA) is 12.0 Å². The second-order valence-electron chi connectivity index (χ2n) is 3.26. The maximum atomic E-state index is 5.54. The van der Waals surface area contributed by atoms with E-state index in [1.165, 1.54) is 5.57 Å². The molecule has 2 atom stereocenters. The highest BCUT2D eigenvalue weighted by atomic mass is 79.9. The van der Waals surface area contributed by atoms with Gasteiger partial charge in [-0.1, -0.05) is 34.5 Å². The molecule has 1 nitrogen and oxygen atoms in total. The molecule has 0 aliphatic heterocycles. The molecular formula is C9H17BrClN. The molecule has 0 radical (unpaired) electrons. The average Bonchev–Trinajstić information content (AvgIpc) is 2.11. The van der Waals surface area contributed by atoms with Crippen LogP contribution in [-0.2, 0) is 0 Å². The highest BCUT2D eigenvalue weighted by Gasteiger charge is 2.09. The summed E-state index contributed by atoms with van der Waals surface area (Å²) < 4.78 is 0. The molecule has 0 amide bonds. The molecule has 0 aromatic carbocycles. The van der Waals surface area contributed by atoms with Crippen molar-refractivity contribution in [1.82, 2.24) is 5.32 Å². The first kappa shape index (κ1) is 12.5. The predicted octanol–water partition coefficient (Wildman–Crippen LogP) is 3.14. The molecule has 72 valence electrons. The van der Waals surface area contributed by atoms with Crippen molar-refractivity contribution < 1.29 is 0 Å². The number of hydrogen-bond acceptors (Lipinski definition) is 1. The lowest BCUT2D eigenvalue weighted by Gasteiger charge is -2.19. The van der Waals surface area contributed by atoms with Gasteiger partial charge in [-0.3, -0.25) is 0 Å². The van der Waals surface area contributed by atoms with Gasteiger partial charge in [0.25, 0.3) is 0 Å². The Morgan fingerprint density at radius 1 is 1.58 bits per heavy atom. The van der Waals surface area contributed by atoms with E-state index in [2.05, 4.69) is 35.1 Å². The van der Waals surface area contributed by atoms with Crippen molar-refractivity contribution in [2.45, 2.75) is 26.8 Å². The van der Waals surface area contributed by atoms with Gasteiger partial charge in [0.15, 0.2) is 0 Å². The molecule has 0 aromatic rings. The first-order valence-electron chi connectivity index (χ1n) is 4.17. The molecule has 0 fully saturated rings. The van der Waals surface area contributed by atoms with E-state index in [4.69, 9.17) is 11.6 Å². The number of alkyl halides is 1. The number of rotatable bonds is 5. The van der Waals surface area contributed by atoms with Gasteiger partial charge in [-0.05, 0) is 25.3 Å². The van der Waals surface area contributed by atoms with E-state index in [9.17, 15) is 0 Å². The zero-order chi connectivity index (χ0) is 9.56. The summed E-state index contributed by atoms with van der Waals surface area (Å²) in [6.45, 7) is 7.30. The van der Waals surface area contributed by atoms with Crippen LogP contribution in [0.15, 0.2) is 11.1 Å². The Labute approximate surface area is 88.7 Å². The second kappa shape index (κ2) is 6.93.